The van der Waals surface area contributed by atoms with Gasteiger partial charge in [0, 0.05) is 11.1 Å². The molecule has 21 heavy (non-hydrogen) atoms. The minimum Gasteiger partial charge on any atom is -0.494 e. The van der Waals surface area contributed by atoms with Crippen LogP contribution in [0.5, 0.6) is 5.75 Å². The van der Waals surface area contributed by atoms with Crippen LogP contribution in [0.2, 0.25) is 0 Å². The Labute approximate surface area is 121 Å². The van der Waals surface area contributed by atoms with Crippen LogP contribution in [0, 0.1) is 17.5 Å². The first-order valence-corrected chi connectivity index (χ1v) is 6.59. The predicted molar refractivity (Wildman–Crippen MR) is 74.8 cm³/mol. The molecule has 2 aromatic carbocycles. The molecule has 1 atom stereocenters. The van der Waals surface area contributed by atoms with E-state index in [0.29, 0.717) is 6.54 Å². The van der Waals surface area contributed by atoms with E-state index in [1.54, 1.807) is 6.07 Å². The number of rotatable bonds is 5. The zero-order valence-electron chi connectivity index (χ0n) is 11.8. The molecule has 0 aliphatic rings. The van der Waals surface area contributed by atoms with Crippen LogP contribution in [0.4, 0.5) is 13.2 Å². The van der Waals surface area contributed by atoms with Gasteiger partial charge in [-0.1, -0.05) is 19.1 Å². The van der Waals surface area contributed by atoms with Crippen LogP contribution in [0.1, 0.15) is 24.1 Å². The Morgan fingerprint density at radius 2 is 1.86 bits per heavy atom. The Morgan fingerprint density at radius 3 is 2.52 bits per heavy atom. The van der Waals surface area contributed by atoms with Crippen molar-refractivity contribution in [2.24, 2.45) is 0 Å². The Balaban J connectivity index is 2.56. The first-order chi connectivity index (χ1) is 10.1. The number of ether oxygens (including phenoxy) is 1. The molecule has 0 aromatic heterocycles. The molecule has 0 saturated carbocycles. The summed E-state index contributed by atoms with van der Waals surface area (Å²) in [4.78, 5) is 0. The standard InChI is InChI=1S/C16H16F3NO/c1-3-20-16(12-9-10(17)7-8-13(12)18)11-5-4-6-14(21-2)15(11)19/h4-9,16,20H,3H2,1-2H3. The quantitative estimate of drug-likeness (QED) is 0.905. The second-order valence-corrected chi connectivity index (χ2v) is 4.52. The fourth-order valence-corrected chi connectivity index (χ4v) is 2.24. The Morgan fingerprint density at radius 1 is 1.10 bits per heavy atom. The summed E-state index contributed by atoms with van der Waals surface area (Å²) in [7, 11) is 1.35. The number of hydrogen-bond donors (Lipinski definition) is 1. The molecule has 5 heteroatoms. The number of hydrogen-bond acceptors (Lipinski definition) is 2. The van der Waals surface area contributed by atoms with Gasteiger partial charge in [-0.15, -0.1) is 0 Å². The molecule has 0 aliphatic carbocycles. The molecular formula is C16H16F3NO. The smallest absolute Gasteiger partial charge is 0.170 e. The molecule has 112 valence electrons. The summed E-state index contributed by atoms with van der Waals surface area (Å²) >= 11 is 0. The fraction of sp³-hybridized carbons (Fsp3) is 0.250. The summed E-state index contributed by atoms with van der Waals surface area (Å²) in [6, 6.07) is 6.96. The fourth-order valence-electron chi connectivity index (χ4n) is 2.24. The van der Waals surface area contributed by atoms with Crippen molar-refractivity contribution < 1.29 is 17.9 Å². The van der Waals surface area contributed by atoms with E-state index in [2.05, 4.69) is 5.32 Å². The molecule has 1 N–H and O–H groups in total. The van der Waals surface area contributed by atoms with Crippen molar-refractivity contribution in [1.29, 1.82) is 0 Å². The highest BCUT2D eigenvalue weighted by molar-refractivity contribution is 5.39. The molecule has 2 nitrogen and oxygen atoms in total. The zero-order chi connectivity index (χ0) is 15.4. The number of methoxy groups -OCH3 is 1. The highest BCUT2D eigenvalue weighted by Gasteiger charge is 2.22. The highest BCUT2D eigenvalue weighted by atomic mass is 19.1. The van der Waals surface area contributed by atoms with Gasteiger partial charge in [-0.2, -0.15) is 0 Å². The van der Waals surface area contributed by atoms with E-state index >= 15 is 0 Å². The van der Waals surface area contributed by atoms with E-state index < -0.39 is 23.5 Å². The summed E-state index contributed by atoms with van der Waals surface area (Å²) in [5.74, 6) is -1.69. The lowest BCUT2D eigenvalue weighted by Crippen LogP contribution is -2.24. The van der Waals surface area contributed by atoms with Crippen LogP contribution in [-0.4, -0.2) is 13.7 Å². The average molecular weight is 295 g/mol. The number of benzene rings is 2. The maximum absolute atomic E-state index is 14.4. The Bertz CT molecular complexity index is 631. The van der Waals surface area contributed by atoms with Gasteiger partial charge >= 0.3 is 0 Å². The van der Waals surface area contributed by atoms with Crippen LogP contribution >= 0.6 is 0 Å². The van der Waals surface area contributed by atoms with Crippen LogP contribution in [0.15, 0.2) is 36.4 Å². The molecule has 2 aromatic rings. The Hall–Kier alpha value is -2.01. The van der Waals surface area contributed by atoms with Gasteiger partial charge in [0.25, 0.3) is 0 Å². The second kappa shape index (κ2) is 6.63. The number of nitrogens with one attached hydrogen (secondary N) is 1. The van der Waals surface area contributed by atoms with Gasteiger partial charge in [-0.3, -0.25) is 0 Å². The summed E-state index contributed by atoms with van der Waals surface area (Å²) in [6.07, 6.45) is 0. The van der Waals surface area contributed by atoms with Crippen molar-refractivity contribution in [3.63, 3.8) is 0 Å². The van der Waals surface area contributed by atoms with Crippen molar-refractivity contribution in [3.05, 3.63) is 65.0 Å². The molecule has 2 rings (SSSR count). The third kappa shape index (κ3) is 3.19. The molecular weight excluding hydrogens is 279 g/mol. The minimum atomic E-state index is -0.791. The predicted octanol–water partition coefficient (Wildman–Crippen LogP) is 3.81. The van der Waals surface area contributed by atoms with Gasteiger partial charge in [0.1, 0.15) is 11.6 Å². The molecule has 0 bridgehead atoms. The van der Waals surface area contributed by atoms with Crippen molar-refractivity contribution in [2.75, 3.05) is 13.7 Å². The van der Waals surface area contributed by atoms with E-state index in [9.17, 15) is 13.2 Å². The average Bonchev–Trinajstić information content (AvgIpc) is 2.48. The van der Waals surface area contributed by atoms with E-state index in [1.807, 2.05) is 6.92 Å². The van der Waals surface area contributed by atoms with E-state index in [4.69, 9.17) is 4.74 Å². The Kier molecular flexibility index (Phi) is 4.85. The van der Waals surface area contributed by atoms with Crippen LogP contribution in [0.25, 0.3) is 0 Å². The molecule has 0 fully saturated rings. The second-order valence-electron chi connectivity index (χ2n) is 4.52. The third-order valence-electron chi connectivity index (χ3n) is 3.20. The maximum Gasteiger partial charge on any atom is 0.170 e. The lowest BCUT2D eigenvalue weighted by atomic mass is 9.97. The lowest BCUT2D eigenvalue weighted by Gasteiger charge is -2.21. The van der Waals surface area contributed by atoms with Gasteiger partial charge in [0.05, 0.1) is 13.2 Å². The molecule has 1 unspecified atom stereocenters. The molecule has 0 aliphatic heterocycles. The summed E-state index contributed by atoms with van der Waals surface area (Å²) in [6.45, 7) is 2.28. The monoisotopic (exact) mass is 295 g/mol. The molecule has 0 amide bonds. The zero-order valence-corrected chi connectivity index (χ0v) is 11.8. The molecule has 0 spiro atoms. The summed E-state index contributed by atoms with van der Waals surface area (Å²) in [5, 5.41) is 2.97. The van der Waals surface area contributed by atoms with Crippen LogP contribution < -0.4 is 10.1 Å². The first-order valence-electron chi connectivity index (χ1n) is 6.59. The summed E-state index contributed by atoms with van der Waals surface area (Å²) < 4.78 is 46.7. The maximum atomic E-state index is 14.4. The van der Waals surface area contributed by atoms with E-state index in [1.165, 1.54) is 19.2 Å². The molecule has 0 heterocycles. The van der Waals surface area contributed by atoms with Crippen LogP contribution in [-0.2, 0) is 0 Å². The van der Waals surface area contributed by atoms with Gasteiger partial charge in [0.15, 0.2) is 11.6 Å². The number of halogens is 3. The van der Waals surface area contributed by atoms with Gasteiger partial charge in [-0.05, 0) is 30.8 Å². The molecule has 0 radical (unpaired) electrons. The largest absolute Gasteiger partial charge is 0.494 e. The lowest BCUT2D eigenvalue weighted by molar-refractivity contribution is 0.381. The topological polar surface area (TPSA) is 21.3 Å². The van der Waals surface area contributed by atoms with Gasteiger partial charge in [0.2, 0.25) is 0 Å². The SMILES string of the molecule is CCNC(c1cc(F)ccc1F)c1cccc(OC)c1F. The van der Waals surface area contributed by atoms with Crippen molar-refractivity contribution >= 4 is 0 Å². The van der Waals surface area contributed by atoms with Gasteiger partial charge < -0.3 is 10.1 Å². The van der Waals surface area contributed by atoms with Crippen molar-refractivity contribution in [2.45, 2.75) is 13.0 Å². The molecule has 0 saturated heterocycles. The van der Waals surface area contributed by atoms with E-state index in [-0.39, 0.29) is 16.9 Å². The normalized spacial score (nSPS) is 12.2. The van der Waals surface area contributed by atoms with E-state index in [0.717, 1.165) is 18.2 Å². The third-order valence-corrected chi connectivity index (χ3v) is 3.20. The van der Waals surface area contributed by atoms with Crippen LogP contribution in [0.3, 0.4) is 0 Å². The minimum absolute atomic E-state index is 0.0593. The van der Waals surface area contributed by atoms with Crippen molar-refractivity contribution in [1.82, 2.24) is 5.32 Å². The first kappa shape index (κ1) is 15.4. The van der Waals surface area contributed by atoms with Gasteiger partial charge in [-0.25, -0.2) is 13.2 Å². The highest BCUT2D eigenvalue weighted by Crippen LogP contribution is 2.30. The summed E-state index contributed by atoms with van der Waals surface area (Å²) in [5.41, 5.74) is 0.268. The van der Waals surface area contributed by atoms with Crippen molar-refractivity contribution in [3.8, 4) is 5.75 Å².